The maximum Gasteiger partial charge on any atom is 0.251 e. The summed E-state index contributed by atoms with van der Waals surface area (Å²) >= 11 is 0. The standard InChI is InChI=1S/C22H26N2O4/c1-15-6-5-7-16(2)21(15)24-20(25)14-19(22(24)26)23(3)12-13-28-18-10-8-17(27-4)9-11-18/h5-11,19H,12-14H2,1-4H3/t19-/m0/s1. The van der Waals surface area contributed by atoms with Crippen LogP contribution in [0.3, 0.4) is 0 Å². The second kappa shape index (κ2) is 8.44. The van der Waals surface area contributed by atoms with Crippen molar-refractivity contribution in [2.75, 3.05) is 32.2 Å². The zero-order valence-corrected chi connectivity index (χ0v) is 16.8. The average molecular weight is 382 g/mol. The van der Waals surface area contributed by atoms with Crippen LogP contribution >= 0.6 is 0 Å². The number of anilines is 1. The molecule has 3 rings (SSSR count). The molecule has 0 aromatic heterocycles. The maximum absolute atomic E-state index is 13.0. The Bertz CT molecular complexity index is 843. The molecule has 0 spiro atoms. The third kappa shape index (κ3) is 4.02. The molecule has 1 fully saturated rings. The first-order valence-corrected chi connectivity index (χ1v) is 9.32. The highest BCUT2D eigenvalue weighted by molar-refractivity contribution is 6.23. The topological polar surface area (TPSA) is 59.1 Å². The summed E-state index contributed by atoms with van der Waals surface area (Å²) in [5.74, 6) is 1.18. The number of carbonyl (C=O) groups is 2. The molecule has 1 atom stereocenters. The summed E-state index contributed by atoms with van der Waals surface area (Å²) in [7, 11) is 3.47. The molecule has 6 nitrogen and oxygen atoms in total. The van der Waals surface area contributed by atoms with Crippen molar-refractivity contribution < 1.29 is 19.1 Å². The van der Waals surface area contributed by atoms with E-state index in [1.807, 2.05) is 68.3 Å². The molecule has 0 N–H and O–H groups in total. The van der Waals surface area contributed by atoms with Crippen LogP contribution in [0, 0.1) is 13.8 Å². The lowest BCUT2D eigenvalue weighted by molar-refractivity contribution is -0.122. The van der Waals surface area contributed by atoms with Crippen LogP contribution in [0.15, 0.2) is 42.5 Å². The van der Waals surface area contributed by atoms with Crippen LogP contribution in [0.2, 0.25) is 0 Å². The molecule has 28 heavy (non-hydrogen) atoms. The van der Waals surface area contributed by atoms with Crippen LogP contribution < -0.4 is 14.4 Å². The Morgan fingerprint density at radius 3 is 2.25 bits per heavy atom. The largest absolute Gasteiger partial charge is 0.497 e. The van der Waals surface area contributed by atoms with E-state index in [2.05, 4.69) is 0 Å². The zero-order chi connectivity index (χ0) is 20.3. The minimum Gasteiger partial charge on any atom is -0.497 e. The third-order valence-corrected chi connectivity index (χ3v) is 5.09. The first-order valence-electron chi connectivity index (χ1n) is 9.32. The zero-order valence-electron chi connectivity index (χ0n) is 16.8. The van der Waals surface area contributed by atoms with Gasteiger partial charge in [0.2, 0.25) is 5.91 Å². The molecule has 6 heteroatoms. The lowest BCUT2D eigenvalue weighted by Crippen LogP contribution is -2.42. The van der Waals surface area contributed by atoms with E-state index >= 15 is 0 Å². The van der Waals surface area contributed by atoms with Gasteiger partial charge >= 0.3 is 0 Å². The number of methoxy groups -OCH3 is 1. The fraction of sp³-hybridized carbons (Fsp3) is 0.364. The van der Waals surface area contributed by atoms with Gasteiger partial charge in [-0.15, -0.1) is 0 Å². The number of likely N-dealkylation sites (N-methyl/N-ethyl adjacent to an activating group) is 1. The van der Waals surface area contributed by atoms with Gasteiger partial charge in [0.1, 0.15) is 18.1 Å². The first-order chi connectivity index (χ1) is 13.4. The van der Waals surface area contributed by atoms with Crippen molar-refractivity contribution in [1.29, 1.82) is 0 Å². The summed E-state index contributed by atoms with van der Waals surface area (Å²) in [5.41, 5.74) is 2.56. The van der Waals surface area contributed by atoms with E-state index in [1.165, 1.54) is 4.90 Å². The van der Waals surface area contributed by atoms with Crippen LogP contribution in [-0.4, -0.2) is 50.1 Å². The molecule has 0 aliphatic carbocycles. The molecule has 2 amide bonds. The number of carbonyl (C=O) groups excluding carboxylic acids is 2. The first kappa shape index (κ1) is 19.9. The van der Waals surface area contributed by atoms with Crippen molar-refractivity contribution in [3.63, 3.8) is 0 Å². The quantitative estimate of drug-likeness (QED) is 0.689. The Morgan fingerprint density at radius 1 is 1.04 bits per heavy atom. The van der Waals surface area contributed by atoms with E-state index in [4.69, 9.17) is 9.47 Å². The molecule has 148 valence electrons. The van der Waals surface area contributed by atoms with E-state index in [9.17, 15) is 9.59 Å². The van der Waals surface area contributed by atoms with Gasteiger partial charge in [0.05, 0.1) is 25.3 Å². The summed E-state index contributed by atoms with van der Waals surface area (Å²) in [4.78, 5) is 28.8. The minimum atomic E-state index is -0.467. The molecule has 0 bridgehead atoms. The van der Waals surface area contributed by atoms with Crippen molar-refractivity contribution in [1.82, 2.24) is 4.90 Å². The molecular formula is C22H26N2O4. The fourth-order valence-electron chi connectivity index (χ4n) is 3.49. The van der Waals surface area contributed by atoms with E-state index in [0.717, 1.165) is 22.6 Å². The monoisotopic (exact) mass is 382 g/mol. The lowest BCUT2D eigenvalue weighted by Gasteiger charge is -2.24. The van der Waals surface area contributed by atoms with Crippen LogP contribution in [0.1, 0.15) is 17.5 Å². The Morgan fingerprint density at radius 2 is 1.64 bits per heavy atom. The van der Waals surface area contributed by atoms with Gasteiger partial charge in [-0.3, -0.25) is 14.5 Å². The van der Waals surface area contributed by atoms with Crippen LogP contribution in [0.4, 0.5) is 5.69 Å². The third-order valence-electron chi connectivity index (χ3n) is 5.09. The van der Waals surface area contributed by atoms with E-state index < -0.39 is 6.04 Å². The molecule has 1 saturated heterocycles. The summed E-state index contributed by atoms with van der Waals surface area (Å²) in [5, 5.41) is 0. The van der Waals surface area contributed by atoms with E-state index in [-0.39, 0.29) is 18.2 Å². The number of nitrogens with zero attached hydrogens (tertiary/aromatic N) is 2. The second-order valence-electron chi connectivity index (χ2n) is 7.03. The van der Waals surface area contributed by atoms with E-state index in [1.54, 1.807) is 7.11 Å². The van der Waals surface area contributed by atoms with Gasteiger partial charge in [0.15, 0.2) is 0 Å². The predicted molar refractivity (Wildman–Crippen MR) is 108 cm³/mol. The average Bonchev–Trinajstić information content (AvgIpc) is 2.97. The van der Waals surface area contributed by atoms with Crippen LogP contribution in [0.5, 0.6) is 11.5 Å². The Kier molecular flexibility index (Phi) is 5.99. The molecule has 0 saturated carbocycles. The lowest BCUT2D eigenvalue weighted by atomic mass is 10.1. The number of para-hydroxylation sites is 1. The van der Waals surface area contributed by atoms with Gasteiger partial charge in [0.25, 0.3) is 5.91 Å². The Labute approximate surface area is 165 Å². The van der Waals surface area contributed by atoms with Crippen molar-refractivity contribution in [2.24, 2.45) is 0 Å². The molecule has 1 heterocycles. The number of rotatable bonds is 7. The molecular weight excluding hydrogens is 356 g/mol. The minimum absolute atomic E-state index is 0.157. The highest BCUT2D eigenvalue weighted by Crippen LogP contribution is 2.30. The van der Waals surface area contributed by atoms with E-state index in [0.29, 0.717) is 18.8 Å². The summed E-state index contributed by atoms with van der Waals surface area (Å²) in [6, 6.07) is 12.6. The smallest absolute Gasteiger partial charge is 0.251 e. The summed E-state index contributed by atoms with van der Waals surface area (Å²) in [6.45, 7) is 4.80. The van der Waals surface area contributed by atoms with Gasteiger partial charge in [-0.2, -0.15) is 0 Å². The van der Waals surface area contributed by atoms with Crippen molar-refractivity contribution >= 4 is 17.5 Å². The number of aryl methyl sites for hydroxylation is 2. The van der Waals surface area contributed by atoms with Crippen molar-refractivity contribution in [3.05, 3.63) is 53.6 Å². The SMILES string of the molecule is COc1ccc(OCCN(C)[C@H]2CC(=O)N(c3c(C)cccc3C)C2=O)cc1. The number of hydrogen-bond acceptors (Lipinski definition) is 5. The number of hydrogen-bond donors (Lipinski definition) is 0. The summed E-state index contributed by atoms with van der Waals surface area (Å²) in [6.07, 6.45) is 0.186. The highest BCUT2D eigenvalue weighted by atomic mass is 16.5. The van der Waals surface area contributed by atoms with Gasteiger partial charge < -0.3 is 9.47 Å². The van der Waals surface area contributed by atoms with Gasteiger partial charge in [-0.25, -0.2) is 4.90 Å². The predicted octanol–water partition coefficient (Wildman–Crippen LogP) is 2.95. The summed E-state index contributed by atoms with van der Waals surface area (Å²) < 4.78 is 10.9. The molecule has 2 aromatic carbocycles. The van der Waals surface area contributed by atoms with Crippen molar-refractivity contribution in [2.45, 2.75) is 26.3 Å². The Hall–Kier alpha value is -2.86. The highest BCUT2D eigenvalue weighted by Gasteiger charge is 2.42. The number of imide groups is 1. The molecule has 0 unspecified atom stereocenters. The number of amides is 2. The van der Waals surface area contributed by atoms with Gasteiger partial charge in [0, 0.05) is 6.54 Å². The second-order valence-corrected chi connectivity index (χ2v) is 7.03. The fourth-order valence-corrected chi connectivity index (χ4v) is 3.49. The number of benzene rings is 2. The van der Waals surface area contributed by atoms with Gasteiger partial charge in [-0.05, 0) is 56.3 Å². The van der Waals surface area contributed by atoms with Gasteiger partial charge in [-0.1, -0.05) is 18.2 Å². The molecule has 0 radical (unpaired) electrons. The Balaban J connectivity index is 1.62. The maximum atomic E-state index is 13.0. The van der Waals surface area contributed by atoms with Crippen LogP contribution in [-0.2, 0) is 9.59 Å². The molecule has 2 aromatic rings. The molecule has 1 aliphatic heterocycles. The van der Waals surface area contributed by atoms with Crippen LogP contribution in [0.25, 0.3) is 0 Å². The molecule has 1 aliphatic rings. The van der Waals surface area contributed by atoms with Crippen molar-refractivity contribution in [3.8, 4) is 11.5 Å². The normalized spacial score (nSPS) is 16.8. The number of ether oxygens (including phenoxy) is 2.